The van der Waals surface area contributed by atoms with E-state index in [1.807, 2.05) is 36.6 Å². The molecule has 154 valence electrons. The Hall–Kier alpha value is -2.31. The van der Waals surface area contributed by atoms with Gasteiger partial charge in [-0.2, -0.15) is 5.10 Å². The largest absolute Gasteiger partial charge is 0.334 e. The van der Waals surface area contributed by atoms with Crippen LogP contribution in [-0.2, 0) is 9.59 Å². The molecule has 6 nitrogen and oxygen atoms in total. The summed E-state index contributed by atoms with van der Waals surface area (Å²) in [5, 5.41) is 4.93. The van der Waals surface area contributed by atoms with E-state index in [1.165, 1.54) is 6.21 Å². The summed E-state index contributed by atoms with van der Waals surface area (Å²) in [6.45, 7) is 5.12. The predicted molar refractivity (Wildman–Crippen MR) is 116 cm³/mol. The number of carbonyl (C=O) groups is 2. The van der Waals surface area contributed by atoms with Gasteiger partial charge in [0.2, 0.25) is 0 Å². The molecular formula is C21H24Cl2N4O2. The Kier molecular flexibility index (Phi) is 6.98. The van der Waals surface area contributed by atoms with Crippen LogP contribution in [0.25, 0.3) is 5.69 Å². The fourth-order valence-electron chi connectivity index (χ4n) is 3.58. The molecule has 1 aromatic heterocycles. The highest BCUT2D eigenvalue weighted by molar-refractivity contribution is 6.43. The van der Waals surface area contributed by atoms with Gasteiger partial charge in [-0.3, -0.25) is 9.59 Å². The van der Waals surface area contributed by atoms with E-state index >= 15 is 0 Å². The molecule has 8 heteroatoms. The van der Waals surface area contributed by atoms with E-state index in [2.05, 4.69) is 10.5 Å². The lowest BCUT2D eigenvalue weighted by molar-refractivity contribution is -0.145. The SMILES string of the molecule is Cc1cc(/C=N\NC(=O)C(=O)N2CCCCCC2)c(C)n1-c1cccc(Cl)c1Cl. The average molecular weight is 435 g/mol. The minimum absolute atomic E-state index is 0.468. The third-order valence-corrected chi connectivity index (χ3v) is 5.91. The van der Waals surface area contributed by atoms with E-state index in [-0.39, 0.29) is 0 Å². The first-order valence-corrected chi connectivity index (χ1v) is 10.4. The first kappa shape index (κ1) is 21.4. The number of benzene rings is 1. The van der Waals surface area contributed by atoms with Gasteiger partial charge in [-0.15, -0.1) is 0 Å². The standard InChI is InChI=1S/C21H24Cl2N4O2/c1-14-12-16(15(2)27(14)18-9-7-8-17(22)19(18)23)13-24-25-20(28)21(29)26-10-5-3-4-6-11-26/h7-9,12-13H,3-6,10-11H2,1-2H3,(H,25,28)/b24-13-. The summed E-state index contributed by atoms with van der Waals surface area (Å²) in [7, 11) is 0. The Balaban J connectivity index is 1.72. The maximum Gasteiger partial charge on any atom is 0.329 e. The van der Waals surface area contributed by atoms with Crippen LogP contribution in [0.3, 0.4) is 0 Å². The molecule has 1 aromatic carbocycles. The molecule has 1 aliphatic rings. The van der Waals surface area contributed by atoms with Crippen molar-refractivity contribution in [1.82, 2.24) is 14.9 Å². The van der Waals surface area contributed by atoms with Crippen LogP contribution in [-0.4, -0.2) is 40.6 Å². The van der Waals surface area contributed by atoms with Gasteiger partial charge in [-0.1, -0.05) is 42.1 Å². The molecule has 3 rings (SSSR count). The molecule has 0 unspecified atom stereocenters. The fraction of sp³-hybridized carbons (Fsp3) is 0.381. The van der Waals surface area contributed by atoms with E-state index in [0.717, 1.165) is 48.3 Å². The van der Waals surface area contributed by atoms with Crippen molar-refractivity contribution in [3.63, 3.8) is 0 Å². The zero-order chi connectivity index (χ0) is 21.0. The number of likely N-dealkylation sites (tertiary alicyclic amines) is 1. The Morgan fingerprint density at radius 3 is 2.48 bits per heavy atom. The van der Waals surface area contributed by atoms with E-state index in [4.69, 9.17) is 23.2 Å². The Bertz CT molecular complexity index is 944. The molecule has 1 fully saturated rings. The van der Waals surface area contributed by atoms with Gasteiger partial charge in [0.05, 0.1) is 21.9 Å². The van der Waals surface area contributed by atoms with Crippen molar-refractivity contribution >= 4 is 41.2 Å². The Morgan fingerprint density at radius 1 is 1.10 bits per heavy atom. The van der Waals surface area contributed by atoms with Crippen LogP contribution in [0.15, 0.2) is 29.4 Å². The smallest absolute Gasteiger partial charge is 0.329 e. The van der Waals surface area contributed by atoms with Crippen molar-refractivity contribution in [1.29, 1.82) is 0 Å². The monoisotopic (exact) mass is 434 g/mol. The van der Waals surface area contributed by atoms with Crippen LogP contribution < -0.4 is 5.43 Å². The molecule has 2 heterocycles. The number of halogens is 2. The lowest BCUT2D eigenvalue weighted by Crippen LogP contribution is -2.41. The number of aromatic nitrogens is 1. The van der Waals surface area contributed by atoms with Crippen molar-refractivity contribution in [3.8, 4) is 5.69 Å². The highest BCUT2D eigenvalue weighted by atomic mass is 35.5. The second-order valence-corrected chi connectivity index (χ2v) is 7.93. The molecular weight excluding hydrogens is 411 g/mol. The number of rotatable bonds is 3. The number of aryl methyl sites for hydroxylation is 1. The van der Waals surface area contributed by atoms with E-state index in [9.17, 15) is 9.59 Å². The normalized spacial score (nSPS) is 14.8. The molecule has 0 spiro atoms. The van der Waals surface area contributed by atoms with Crippen molar-refractivity contribution < 1.29 is 9.59 Å². The highest BCUT2D eigenvalue weighted by Crippen LogP contribution is 2.31. The number of nitrogens with one attached hydrogen (secondary N) is 1. The van der Waals surface area contributed by atoms with Gasteiger partial charge in [0.15, 0.2) is 0 Å². The van der Waals surface area contributed by atoms with E-state index in [1.54, 1.807) is 11.0 Å². The minimum Gasteiger partial charge on any atom is -0.334 e. The zero-order valence-electron chi connectivity index (χ0n) is 16.5. The van der Waals surface area contributed by atoms with Gasteiger partial charge >= 0.3 is 11.8 Å². The lowest BCUT2D eigenvalue weighted by Gasteiger charge is -2.18. The first-order valence-electron chi connectivity index (χ1n) is 9.65. The molecule has 0 atom stereocenters. The van der Waals surface area contributed by atoms with Crippen LogP contribution >= 0.6 is 23.2 Å². The molecule has 0 aliphatic carbocycles. The maximum atomic E-state index is 12.3. The summed E-state index contributed by atoms with van der Waals surface area (Å²) in [6, 6.07) is 7.39. The van der Waals surface area contributed by atoms with Crippen LogP contribution in [0, 0.1) is 13.8 Å². The third-order valence-electron chi connectivity index (χ3n) is 5.10. The Labute approximate surface area is 180 Å². The van der Waals surface area contributed by atoms with Crippen LogP contribution in [0.5, 0.6) is 0 Å². The summed E-state index contributed by atoms with van der Waals surface area (Å²) < 4.78 is 1.97. The van der Waals surface area contributed by atoms with Gasteiger partial charge in [0, 0.05) is 30.0 Å². The van der Waals surface area contributed by atoms with Gasteiger partial charge in [-0.05, 0) is 44.9 Å². The molecule has 2 amide bonds. The average Bonchev–Trinajstić information content (AvgIpc) is 2.88. The van der Waals surface area contributed by atoms with Gasteiger partial charge in [0.25, 0.3) is 0 Å². The summed E-state index contributed by atoms with van der Waals surface area (Å²) in [6.07, 6.45) is 5.58. The fourth-order valence-corrected chi connectivity index (χ4v) is 3.96. The van der Waals surface area contributed by atoms with Crippen LogP contribution in [0.1, 0.15) is 42.6 Å². The number of amides is 2. The molecule has 0 saturated carbocycles. The van der Waals surface area contributed by atoms with Crippen LogP contribution in [0.4, 0.5) is 0 Å². The van der Waals surface area contributed by atoms with Gasteiger partial charge in [0.1, 0.15) is 0 Å². The number of hydrogen-bond acceptors (Lipinski definition) is 3. The predicted octanol–water partition coefficient (Wildman–Crippen LogP) is 4.25. The summed E-state index contributed by atoms with van der Waals surface area (Å²) in [4.78, 5) is 26.0. The zero-order valence-corrected chi connectivity index (χ0v) is 18.1. The van der Waals surface area contributed by atoms with Crippen LogP contribution in [0.2, 0.25) is 10.0 Å². The molecule has 2 aromatic rings. The minimum atomic E-state index is -0.713. The van der Waals surface area contributed by atoms with Crippen molar-refractivity contribution in [2.24, 2.45) is 5.10 Å². The summed E-state index contributed by atoms with van der Waals surface area (Å²) in [5.74, 6) is -1.24. The molecule has 0 bridgehead atoms. The number of carbonyl (C=O) groups excluding carboxylic acids is 2. The van der Waals surface area contributed by atoms with Crippen molar-refractivity contribution in [2.45, 2.75) is 39.5 Å². The van der Waals surface area contributed by atoms with E-state index < -0.39 is 11.8 Å². The van der Waals surface area contributed by atoms with Gasteiger partial charge in [-0.25, -0.2) is 5.43 Å². The second-order valence-electron chi connectivity index (χ2n) is 7.14. The molecule has 1 aliphatic heterocycles. The Morgan fingerprint density at radius 2 is 1.79 bits per heavy atom. The lowest BCUT2D eigenvalue weighted by atomic mass is 10.2. The third kappa shape index (κ3) is 4.82. The molecule has 0 radical (unpaired) electrons. The molecule has 29 heavy (non-hydrogen) atoms. The topological polar surface area (TPSA) is 66.7 Å². The number of nitrogens with zero attached hydrogens (tertiary/aromatic N) is 3. The quantitative estimate of drug-likeness (QED) is 0.445. The highest BCUT2D eigenvalue weighted by Gasteiger charge is 2.22. The van der Waals surface area contributed by atoms with Gasteiger partial charge < -0.3 is 9.47 Å². The molecule has 1 saturated heterocycles. The summed E-state index contributed by atoms with van der Waals surface area (Å²) >= 11 is 12.5. The number of hydrazone groups is 1. The van der Waals surface area contributed by atoms with Crippen molar-refractivity contribution in [2.75, 3.05) is 13.1 Å². The van der Waals surface area contributed by atoms with Crippen molar-refractivity contribution in [3.05, 3.63) is 51.3 Å². The number of hydrogen-bond donors (Lipinski definition) is 1. The first-order chi connectivity index (χ1) is 13.9. The maximum absolute atomic E-state index is 12.3. The second kappa shape index (κ2) is 9.46. The molecule has 1 N–H and O–H groups in total. The summed E-state index contributed by atoms with van der Waals surface area (Å²) in [5.41, 5.74) is 5.76. The van der Waals surface area contributed by atoms with E-state index in [0.29, 0.717) is 23.1 Å².